The van der Waals surface area contributed by atoms with Crippen LogP contribution in [-0.4, -0.2) is 33.2 Å². The number of hydrogen-bond acceptors (Lipinski definition) is 4. The van der Waals surface area contributed by atoms with Crippen molar-refractivity contribution in [2.75, 3.05) is 32.6 Å². The fraction of sp³-hybridized carbons (Fsp3) is 0.278. The summed E-state index contributed by atoms with van der Waals surface area (Å²) in [6.07, 6.45) is 0.680. The zero-order valence-electron chi connectivity index (χ0n) is 14.1. The van der Waals surface area contributed by atoms with Crippen molar-refractivity contribution in [1.29, 1.82) is 0 Å². The lowest BCUT2D eigenvalue weighted by Gasteiger charge is -2.11. The molecule has 134 valence electrons. The summed E-state index contributed by atoms with van der Waals surface area (Å²) in [5, 5.41) is 6.75. The Morgan fingerprint density at radius 2 is 1.72 bits per heavy atom. The predicted octanol–water partition coefficient (Wildman–Crippen LogP) is 3.78. The van der Waals surface area contributed by atoms with E-state index in [1.807, 2.05) is 18.2 Å². The molecule has 0 spiro atoms. The van der Waals surface area contributed by atoms with Crippen molar-refractivity contribution in [3.8, 4) is 11.5 Å². The highest BCUT2D eigenvalue weighted by molar-refractivity contribution is 6.39. The van der Waals surface area contributed by atoms with Gasteiger partial charge in [-0.2, -0.15) is 0 Å². The van der Waals surface area contributed by atoms with Crippen molar-refractivity contribution in [2.24, 2.45) is 0 Å². The molecule has 0 saturated heterocycles. The van der Waals surface area contributed by atoms with Gasteiger partial charge in [0.2, 0.25) is 5.91 Å². The molecule has 0 radical (unpaired) electrons. The Labute approximate surface area is 157 Å². The van der Waals surface area contributed by atoms with E-state index in [0.717, 1.165) is 5.56 Å². The number of hydrogen-bond donors (Lipinski definition) is 2. The summed E-state index contributed by atoms with van der Waals surface area (Å²) >= 11 is 12.1. The molecule has 2 rings (SSSR count). The molecule has 0 atom stereocenters. The van der Waals surface area contributed by atoms with Gasteiger partial charge >= 0.3 is 0 Å². The van der Waals surface area contributed by atoms with Gasteiger partial charge < -0.3 is 20.1 Å². The highest BCUT2D eigenvalue weighted by Crippen LogP contribution is 2.29. The second-order valence-electron chi connectivity index (χ2n) is 5.24. The molecule has 25 heavy (non-hydrogen) atoms. The molecule has 0 saturated carbocycles. The van der Waals surface area contributed by atoms with E-state index in [4.69, 9.17) is 32.7 Å². The normalized spacial score (nSPS) is 10.2. The van der Waals surface area contributed by atoms with E-state index in [-0.39, 0.29) is 12.5 Å². The molecule has 1 amide bonds. The lowest BCUT2D eigenvalue weighted by molar-refractivity contribution is -0.119. The summed E-state index contributed by atoms with van der Waals surface area (Å²) in [6, 6.07) is 10.9. The van der Waals surface area contributed by atoms with Crippen LogP contribution in [0.3, 0.4) is 0 Å². The molecule has 0 unspecified atom stereocenters. The Balaban J connectivity index is 1.81. The van der Waals surface area contributed by atoms with Crippen molar-refractivity contribution in [1.82, 2.24) is 5.32 Å². The smallest absolute Gasteiger partial charge is 0.239 e. The molecule has 0 aliphatic carbocycles. The van der Waals surface area contributed by atoms with Crippen LogP contribution in [0.25, 0.3) is 0 Å². The summed E-state index contributed by atoms with van der Waals surface area (Å²) in [4.78, 5) is 11.9. The molecule has 0 fully saturated rings. The van der Waals surface area contributed by atoms with Crippen molar-refractivity contribution in [3.63, 3.8) is 0 Å². The number of nitrogens with one attached hydrogen (secondary N) is 2. The molecular formula is C18H20Cl2N2O3. The van der Waals surface area contributed by atoms with Crippen LogP contribution in [0.5, 0.6) is 11.5 Å². The van der Waals surface area contributed by atoms with E-state index in [1.54, 1.807) is 32.4 Å². The molecule has 7 heteroatoms. The minimum Gasteiger partial charge on any atom is -0.493 e. The summed E-state index contributed by atoms with van der Waals surface area (Å²) in [6.45, 7) is 0.599. The monoisotopic (exact) mass is 382 g/mol. The maximum Gasteiger partial charge on any atom is 0.239 e. The maximum atomic E-state index is 11.9. The highest BCUT2D eigenvalue weighted by atomic mass is 35.5. The standard InChI is InChI=1S/C18H20Cl2N2O3/c1-24-15-7-6-12(10-16(15)25-2)8-9-21-17(23)11-22-18-13(19)4-3-5-14(18)20/h3-7,10,22H,8-9,11H2,1-2H3,(H,21,23). The first-order valence-corrected chi connectivity index (χ1v) is 8.46. The van der Waals surface area contributed by atoms with Gasteiger partial charge in [0.25, 0.3) is 0 Å². The van der Waals surface area contributed by atoms with Crippen LogP contribution in [0.1, 0.15) is 5.56 Å². The molecule has 0 aliphatic heterocycles. The van der Waals surface area contributed by atoms with Crippen LogP contribution in [-0.2, 0) is 11.2 Å². The van der Waals surface area contributed by atoms with Crippen LogP contribution in [0, 0.1) is 0 Å². The molecular weight excluding hydrogens is 363 g/mol. The number of benzene rings is 2. The van der Waals surface area contributed by atoms with E-state index in [9.17, 15) is 4.79 Å². The molecule has 2 aromatic rings. The van der Waals surface area contributed by atoms with E-state index in [2.05, 4.69) is 10.6 Å². The van der Waals surface area contributed by atoms with E-state index in [1.165, 1.54) is 0 Å². The fourth-order valence-electron chi connectivity index (χ4n) is 2.28. The second kappa shape index (κ2) is 9.39. The first kappa shape index (κ1) is 19.2. The highest BCUT2D eigenvalue weighted by Gasteiger charge is 2.08. The zero-order chi connectivity index (χ0) is 18.2. The summed E-state index contributed by atoms with van der Waals surface area (Å²) in [5.74, 6) is 1.20. The van der Waals surface area contributed by atoms with Crippen LogP contribution >= 0.6 is 23.2 Å². The molecule has 2 aromatic carbocycles. The van der Waals surface area contributed by atoms with Crippen LogP contribution in [0.15, 0.2) is 36.4 Å². The van der Waals surface area contributed by atoms with Gasteiger partial charge in [0.1, 0.15) is 0 Å². The maximum absolute atomic E-state index is 11.9. The fourth-order valence-corrected chi connectivity index (χ4v) is 2.81. The third kappa shape index (κ3) is 5.44. The van der Waals surface area contributed by atoms with E-state index < -0.39 is 0 Å². The predicted molar refractivity (Wildman–Crippen MR) is 101 cm³/mol. The van der Waals surface area contributed by atoms with E-state index >= 15 is 0 Å². The van der Waals surface area contributed by atoms with Crippen molar-refractivity contribution in [2.45, 2.75) is 6.42 Å². The van der Waals surface area contributed by atoms with Crippen LogP contribution < -0.4 is 20.1 Å². The number of anilines is 1. The number of methoxy groups -OCH3 is 2. The SMILES string of the molecule is COc1ccc(CCNC(=O)CNc2c(Cl)cccc2Cl)cc1OC. The lowest BCUT2D eigenvalue weighted by Crippen LogP contribution is -2.31. The molecule has 0 bridgehead atoms. The Bertz CT molecular complexity index is 718. The average Bonchev–Trinajstić information content (AvgIpc) is 2.61. The third-order valence-corrected chi connectivity index (χ3v) is 4.20. The summed E-state index contributed by atoms with van der Waals surface area (Å²) in [7, 11) is 3.19. The van der Waals surface area contributed by atoms with E-state index in [0.29, 0.717) is 40.2 Å². The number of carbonyl (C=O) groups excluding carboxylic acids is 1. The van der Waals surface area contributed by atoms with Gasteiger partial charge in [0.05, 0.1) is 36.5 Å². The number of halogens is 2. The largest absolute Gasteiger partial charge is 0.493 e. The molecule has 5 nitrogen and oxygen atoms in total. The Morgan fingerprint density at radius 3 is 2.36 bits per heavy atom. The van der Waals surface area contributed by atoms with Gasteiger partial charge in [-0.15, -0.1) is 0 Å². The van der Waals surface area contributed by atoms with Crippen LogP contribution in [0.4, 0.5) is 5.69 Å². The van der Waals surface area contributed by atoms with Crippen molar-refractivity contribution < 1.29 is 14.3 Å². The van der Waals surface area contributed by atoms with Gasteiger partial charge in [0, 0.05) is 6.54 Å². The van der Waals surface area contributed by atoms with Gasteiger partial charge in [-0.1, -0.05) is 35.3 Å². The van der Waals surface area contributed by atoms with Crippen molar-refractivity contribution >= 4 is 34.8 Å². The number of rotatable bonds is 8. The number of carbonyl (C=O) groups is 1. The first-order valence-electron chi connectivity index (χ1n) is 7.70. The molecule has 0 aliphatic rings. The number of amides is 1. The first-order chi connectivity index (χ1) is 12.0. The minimum absolute atomic E-state index is 0.0926. The summed E-state index contributed by atoms with van der Waals surface area (Å²) < 4.78 is 10.5. The Hall–Kier alpha value is -2.11. The zero-order valence-corrected chi connectivity index (χ0v) is 15.6. The average molecular weight is 383 g/mol. The molecule has 0 aromatic heterocycles. The number of para-hydroxylation sites is 1. The molecule has 0 heterocycles. The summed E-state index contributed by atoms with van der Waals surface area (Å²) in [5.41, 5.74) is 1.60. The van der Waals surface area contributed by atoms with Gasteiger partial charge in [-0.3, -0.25) is 4.79 Å². The topological polar surface area (TPSA) is 59.6 Å². The van der Waals surface area contributed by atoms with Gasteiger partial charge in [-0.25, -0.2) is 0 Å². The van der Waals surface area contributed by atoms with Gasteiger partial charge in [-0.05, 0) is 36.2 Å². The third-order valence-electron chi connectivity index (χ3n) is 3.57. The van der Waals surface area contributed by atoms with Crippen LogP contribution in [0.2, 0.25) is 10.0 Å². The quantitative estimate of drug-likeness (QED) is 0.729. The van der Waals surface area contributed by atoms with Crippen molar-refractivity contribution in [3.05, 3.63) is 52.0 Å². The molecule has 2 N–H and O–H groups in total. The van der Waals surface area contributed by atoms with Gasteiger partial charge in [0.15, 0.2) is 11.5 Å². The Kier molecular flexibility index (Phi) is 7.22. The number of ether oxygens (including phenoxy) is 2. The Morgan fingerprint density at radius 1 is 1.04 bits per heavy atom. The second-order valence-corrected chi connectivity index (χ2v) is 6.05. The minimum atomic E-state index is -0.142. The lowest BCUT2D eigenvalue weighted by atomic mass is 10.1.